The van der Waals surface area contributed by atoms with E-state index >= 15 is 0 Å². The molecule has 1 amide bonds. The van der Waals surface area contributed by atoms with Crippen LogP contribution in [0.1, 0.15) is 6.92 Å². The summed E-state index contributed by atoms with van der Waals surface area (Å²) in [6.07, 6.45) is 3.22. The fraction of sp³-hybridized carbons (Fsp3) is 0.0833. The van der Waals surface area contributed by atoms with E-state index in [-0.39, 0.29) is 5.91 Å². The number of rotatable bonds is 3. The lowest BCUT2D eigenvalue weighted by Gasteiger charge is -2.05. The van der Waals surface area contributed by atoms with Crippen LogP contribution in [0.25, 0.3) is 0 Å². The Hall–Kier alpha value is -1.40. The molecule has 0 fully saturated rings. The van der Waals surface area contributed by atoms with Crippen molar-refractivity contribution in [3.05, 3.63) is 41.3 Å². The number of benzene rings is 1. The van der Waals surface area contributed by atoms with Gasteiger partial charge < -0.3 is 5.32 Å². The van der Waals surface area contributed by atoms with Crippen molar-refractivity contribution < 1.29 is 4.79 Å². The highest BCUT2D eigenvalue weighted by Gasteiger charge is 2.04. The number of amides is 1. The average molecular weight is 324 g/mol. The molecule has 6 heteroatoms. The lowest BCUT2D eigenvalue weighted by Crippen LogP contribution is -2.05. The molecule has 0 aliphatic rings. The zero-order valence-corrected chi connectivity index (χ0v) is 12.0. The molecule has 1 N–H and O–H groups in total. The molecule has 1 aromatic carbocycles. The molecule has 0 radical (unpaired) electrons. The summed E-state index contributed by atoms with van der Waals surface area (Å²) in [7, 11) is 0. The molecule has 2 aromatic rings. The van der Waals surface area contributed by atoms with Crippen molar-refractivity contribution in [3.8, 4) is 0 Å². The number of carbonyl (C=O) groups excluding carboxylic acids is 1. The molecule has 0 saturated carbocycles. The molecule has 2 rings (SSSR count). The summed E-state index contributed by atoms with van der Waals surface area (Å²) in [4.78, 5) is 20.0. The first kappa shape index (κ1) is 13.0. The minimum atomic E-state index is -0.0750. The number of carbonyl (C=O) groups is 1. The topological polar surface area (TPSA) is 54.9 Å². The Bertz CT molecular complexity index is 560. The number of anilines is 1. The van der Waals surface area contributed by atoms with Gasteiger partial charge in [0.1, 0.15) is 11.4 Å². The Kier molecular flexibility index (Phi) is 4.33. The number of halogens is 1. The molecule has 0 bridgehead atoms. The summed E-state index contributed by atoms with van der Waals surface area (Å²) in [5.74, 6) is -0.0750. The van der Waals surface area contributed by atoms with Crippen LogP contribution in [-0.4, -0.2) is 15.9 Å². The molecule has 18 heavy (non-hydrogen) atoms. The minimum absolute atomic E-state index is 0.0750. The molecular formula is C12H10BrN3OS. The van der Waals surface area contributed by atoms with Crippen LogP contribution in [0.3, 0.4) is 0 Å². The van der Waals surface area contributed by atoms with Crippen LogP contribution < -0.4 is 5.32 Å². The first-order valence-corrected chi connectivity index (χ1v) is 6.77. The molecule has 0 atom stereocenters. The maximum atomic E-state index is 10.9. The molecule has 92 valence electrons. The largest absolute Gasteiger partial charge is 0.326 e. The Morgan fingerprint density at radius 2 is 2.06 bits per heavy atom. The van der Waals surface area contributed by atoms with E-state index in [9.17, 15) is 4.79 Å². The van der Waals surface area contributed by atoms with E-state index < -0.39 is 0 Å². The highest BCUT2D eigenvalue weighted by atomic mass is 79.9. The molecule has 0 saturated heterocycles. The van der Waals surface area contributed by atoms with Crippen molar-refractivity contribution in [1.82, 2.24) is 9.97 Å². The fourth-order valence-corrected chi connectivity index (χ4v) is 2.51. The van der Waals surface area contributed by atoms with Crippen molar-refractivity contribution >= 4 is 39.3 Å². The highest BCUT2D eigenvalue weighted by molar-refractivity contribution is 9.10. The summed E-state index contributed by atoms with van der Waals surface area (Å²) in [5, 5.41) is 3.58. The monoisotopic (exact) mass is 323 g/mol. The summed E-state index contributed by atoms with van der Waals surface area (Å²) in [6, 6.07) is 7.59. The SMILES string of the molecule is CC(=O)Nc1ccc(Sc2ncncc2Br)cc1. The molecule has 0 spiro atoms. The number of nitrogens with zero attached hydrogens (tertiary/aromatic N) is 2. The highest BCUT2D eigenvalue weighted by Crippen LogP contribution is 2.31. The Morgan fingerprint density at radius 3 is 2.67 bits per heavy atom. The van der Waals surface area contributed by atoms with Gasteiger partial charge in [-0.05, 0) is 40.2 Å². The number of hydrogen-bond acceptors (Lipinski definition) is 4. The zero-order chi connectivity index (χ0) is 13.0. The van der Waals surface area contributed by atoms with Crippen LogP contribution in [0.15, 0.2) is 51.2 Å². The lowest BCUT2D eigenvalue weighted by atomic mass is 10.3. The third kappa shape index (κ3) is 3.54. The Morgan fingerprint density at radius 1 is 1.33 bits per heavy atom. The van der Waals surface area contributed by atoms with Crippen molar-refractivity contribution in [2.75, 3.05) is 5.32 Å². The van der Waals surface area contributed by atoms with Gasteiger partial charge in [-0.15, -0.1) is 0 Å². The third-order valence-corrected chi connectivity index (χ3v) is 3.89. The van der Waals surface area contributed by atoms with Crippen LogP contribution in [-0.2, 0) is 4.79 Å². The maximum absolute atomic E-state index is 10.9. The second-order valence-corrected chi connectivity index (χ2v) is 5.40. The van der Waals surface area contributed by atoms with E-state index in [4.69, 9.17) is 0 Å². The van der Waals surface area contributed by atoms with E-state index in [1.807, 2.05) is 24.3 Å². The van der Waals surface area contributed by atoms with Crippen molar-refractivity contribution in [2.45, 2.75) is 16.8 Å². The van der Waals surface area contributed by atoms with Gasteiger partial charge >= 0.3 is 0 Å². The summed E-state index contributed by atoms with van der Waals surface area (Å²) < 4.78 is 0.862. The summed E-state index contributed by atoms with van der Waals surface area (Å²) >= 11 is 4.93. The van der Waals surface area contributed by atoms with E-state index in [1.54, 1.807) is 6.20 Å². The van der Waals surface area contributed by atoms with Gasteiger partial charge in [0, 0.05) is 23.7 Å². The Labute approximate surface area is 117 Å². The van der Waals surface area contributed by atoms with Gasteiger partial charge in [-0.1, -0.05) is 11.8 Å². The Balaban J connectivity index is 2.11. The smallest absolute Gasteiger partial charge is 0.221 e. The van der Waals surface area contributed by atoms with Gasteiger partial charge in [-0.25, -0.2) is 9.97 Å². The van der Waals surface area contributed by atoms with Gasteiger partial charge in [-0.2, -0.15) is 0 Å². The summed E-state index contributed by atoms with van der Waals surface area (Å²) in [6.45, 7) is 1.49. The average Bonchev–Trinajstić information content (AvgIpc) is 2.34. The van der Waals surface area contributed by atoms with Gasteiger partial charge in [-0.3, -0.25) is 4.79 Å². The molecule has 4 nitrogen and oxygen atoms in total. The second kappa shape index (κ2) is 5.97. The fourth-order valence-electron chi connectivity index (χ4n) is 1.30. The van der Waals surface area contributed by atoms with Crippen molar-refractivity contribution in [1.29, 1.82) is 0 Å². The summed E-state index contributed by atoms with van der Waals surface area (Å²) in [5.41, 5.74) is 0.786. The van der Waals surface area contributed by atoms with Crippen LogP contribution in [0.4, 0.5) is 5.69 Å². The first-order valence-electron chi connectivity index (χ1n) is 5.16. The van der Waals surface area contributed by atoms with E-state index in [0.717, 1.165) is 20.1 Å². The molecular weight excluding hydrogens is 314 g/mol. The standard InChI is InChI=1S/C12H10BrN3OS/c1-8(17)16-9-2-4-10(5-3-9)18-12-11(13)6-14-7-15-12/h2-7H,1H3,(H,16,17). The van der Waals surface area contributed by atoms with E-state index in [0.29, 0.717) is 0 Å². The van der Waals surface area contributed by atoms with Crippen LogP contribution in [0.5, 0.6) is 0 Å². The van der Waals surface area contributed by atoms with Crippen LogP contribution >= 0.6 is 27.7 Å². The normalized spacial score (nSPS) is 10.1. The molecule has 1 aromatic heterocycles. The quantitative estimate of drug-likeness (QED) is 0.880. The molecule has 1 heterocycles. The minimum Gasteiger partial charge on any atom is -0.326 e. The van der Waals surface area contributed by atoms with Crippen molar-refractivity contribution in [3.63, 3.8) is 0 Å². The lowest BCUT2D eigenvalue weighted by molar-refractivity contribution is -0.114. The number of aromatic nitrogens is 2. The molecule has 0 unspecified atom stereocenters. The van der Waals surface area contributed by atoms with Gasteiger partial charge in [0.05, 0.1) is 4.47 Å². The third-order valence-electron chi connectivity index (χ3n) is 2.02. The number of nitrogens with one attached hydrogen (secondary N) is 1. The van der Waals surface area contributed by atoms with Crippen LogP contribution in [0, 0.1) is 0 Å². The van der Waals surface area contributed by atoms with Gasteiger partial charge in [0.2, 0.25) is 5.91 Å². The second-order valence-electron chi connectivity index (χ2n) is 3.48. The first-order chi connectivity index (χ1) is 8.65. The predicted octanol–water partition coefficient (Wildman–Crippen LogP) is 3.35. The predicted molar refractivity (Wildman–Crippen MR) is 74.6 cm³/mol. The van der Waals surface area contributed by atoms with Crippen molar-refractivity contribution in [2.24, 2.45) is 0 Å². The van der Waals surface area contributed by atoms with Gasteiger partial charge in [0.25, 0.3) is 0 Å². The molecule has 0 aliphatic heterocycles. The zero-order valence-electron chi connectivity index (χ0n) is 9.55. The van der Waals surface area contributed by atoms with E-state index in [1.165, 1.54) is 25.0 Å². The molecule has 0 aliphatic carbocycles. The maximum Gasteiger partial charge on any atom is 0.221 e. The van der Waals surface area contributed by atoms with Gasteiger partial charge in [0.15, 0.2) is 0 Å². The van der Waals surface area contributed by atoms with Crippen LogP contribution in [0.2, 0.25) is 0 Å². The number of hydrogen-bond donors (Lipinski definition) is 1. The van der Waals surface area contributed by atoms with E-state index in [2.05, 4.69) is 31.2 Å².